The molecule has 88 valence electrons. The molecule has 0 radical (unpaired) electrons. The lowest BCUT2D eigenvalue weighted by Gasteiger charge is -2.39. The van der Waals surface area contributed by atoms with E-state index in [0.29, 0.717) is 6.04 Å². The first-order valence-corrected chi connectivity index (χ1v) is 5.81. The Morgan fingerprint density at radius 1 is 1.31 bits per heavy atom. The van der Waals surface area contributed by atoms with Crippen LogP contribution in [-0.2, 0) is 0 Å². The largest absolute Gasteiger partial charge is 0.366 e. The first kappa shape index (κ1) is 11.2. The zero-order valence-corrected chi connectivity index (χ0v) is 11.1. The highest BCUT2D eigenvalue weighted by Crippen LogP contribution is 2.36. The summed E-state index contributed by atoms with van der Waals surface area (Å²) in [7, 11) is 2.15. The molecule has 0 amide bonds. The number of aromatic nitrogens is 2. The van der Waals surface area contributed by atoms with Gasteiger partial charge in [0.2, 0.25) is 0 Å². The number of hydrogen-bond donors (Lipinski definition) is 0. The molecule has 3 heteroatoms. The lowest BCUT2D eigenvalue weighted by molar-refractivity contribution is 0.241. The fourth-order valence-electron chi connectivity index (χ4n) is 2.27. The predicted octanol–water partition coefficient (Wildman–Crippen LogP) is 3.04. The van der Waals surface area contributed by atoms with Crippen molar-refractivity contribution in [2.75, 3.05) is 7.05 Å². The smallest absolute Gasteiger partial charge is 0.135 e. The van der Waals surface area contributed by atoms with E-state index in [1.807, 2.05) is 6.92 Å². The van der Waals surface area contributed by atoms with Gasteiger partial charge in [-0.2, -0.15) is 0 Å². The van der Waals surface area contributed by atoms with E-state index in [2.05, 4.69) is 61.6 Å². The van der Waals surface area contributed by atoms with Gasteiger partial charge in [-0.15, -0.1) is 0 Å². The number of nitrogens with zero attached hydrogens (tertiary/aromatic N) is 3. The maximum absolute atomic E-state index is 4.58. The standard InChI is InChI=1S/C13H21N3/c1-9-7-16-8-11(13(3,4)5)15(6)10(2)12(16)14-9/h7-8,10H,1-6H3. The van der Waals surface area contributed by atoms with Crippen LogP contribution in [0.3, 0.4) is 0 Å². The Kier molecular flexibility index (Phi) is 2.37. The first-order valence-electron chi connectivity index (χ1n) is 5.81. The van der Waals surface area contributed by atoms with E-state index in [1.165, 1.54) is 5.70 Å². The van der Waals surface area contributed by atoms with Gasteiger partial charge in [-0.25, -0.2) is 4.98 Å². The number of rotatable bonds is 0. The van der Waals surface area contributed by atoms with Crippen LogP contribution in [0.2, 0.25) is 0 Å². The van der Waals surface area contributed by atoms with Crippen molar-refractivity contribution in [3.8, 4) is 0 Å². The molecule has 0 fully saturated rings. The Morgan fingerprint density at radius 2 is 1.94 bits per heavy atom. The SMILES string of the molecule is Cc1cn2c(n1)C(C)N(C)C(C(C)(C)C)=C2. The van der Waals surface area contributed by atoms with E-state index >= 15 is 0 Å². The van der Waals surface area contributed by atoms with Gasteiger partial charge in [0, 0.05) is 30.6 Å². The highest BCUT2D eigenvalue weighted by molar-refractivity contribution is 5.39. The second kappa shape index (κ2) is 3.37. The Hall–Kier alpha value is -1.25. The summed E-state index contributed by atoms with van der Waals surface area (Å²) in [5, 5.41) is 0. The molecule has 0 aliphatic carbocycles. The fourth-order valence-corrected chi connectivity index (χ4v) is 2.27. The molecule has 0 saturated heterocycles. The second-order valence-electron chi connectivity index (χ2n) is 5.70. The number of hydrogen-bond acceptors (Lipinski definition) is 2. The third-order valence-electron chi connectivity index (χ3n) is 3.25. The molecule has 1 atom stereocenters. The van der Waals surface area contributed by atoms with E-state index < -0.39 is 0 Å². The van der Waals surface area contributed by atoms with Gasteiger partial charge in [-0.3, -0.25) is 0 Å². The summed E-state index contributed by atoms with van der Waals surface area (Å²) < 4.78 is 2.17. The van der Waals surface area contributed by atoms with Crippen LogP contribution in [0, 0.1) is 12.3 Å². The maximum Gasteiger partial charge on any atom is 0.135 e. The van der Waals surface area contributed by atoms with Crippen LogP contribution < -0.4 is 0 Å². The topological polar surface area (TPSA) is 21.1 Å². The molecule has 1 aliphatic rings. The van der Waals surface area contributed by atoms with Crippen molar-refractivity contribution in [2.24, 2.45) is 5.41 Å². The minimum Gasteiger partial charge on any atom is -0.366 e. The van der Waals surface area contributed by atoms with Crippen LogP contribution in [-0.4, -0.2) is 21.5 Å². The highest BCUT2D eigenvalue weighted by atomic mass is 15.2. The molecule has 1 aliphatic heterocycles. The summed E-state index contributed by atoms with van der Waals surface area (Å²) >= 11 is 0. The van der Waals surface area contributed by atoms with Crippen molar-refractivity contribution in [3.63, 3.8) is 0 Å². The summed E-state index contributed by atoms with van der Waals surface area (Å²) in [6.45, 7) is 11.0. The average molecular weight is 219 g/mol. The Balaban J connectivity index is 2.54. The van der Waals surface area contributed by atoms with Crippen molar-refractivity contribution in [3.05, 3.63) is 23.4 Å². The molecule has 0 N–H and O–H groups in total. The van der Waals surface area contributed by atoms with Crippen molar-refractivity contribution < 1.29 is 0 Å². The molecule has 1 aromatic rings. The van der Waals surface area contributed by atoms with Crippen molar-refractivity contribution in [1.82, 2.24) is 14.5 Å². The molecule has 16 heavy (non-hydrogen) atoms. The summed E-state index contributed by atoms with van der Waals surface area (Å²) in [5.41, 5.74) is 2.60. The monoisotopic (exact) mass is 219 g/mol. The summed E-state index contributed by atoms with van der Waals surface area (Å²) in [4.78, 5) is 6.90. The molecule has 2 heterocycles. The second-order valence-corrected chi connectivity index (χ2v) is 5.70. The minimum atomic E-state index is 0.166. The maximum atomic E-state index is 4.58. The van der Waals surface area contributed by atoms with Gasteiger partial charge >= 0.3 is 0 Å². The van der Waals surface area contributed by atoms with Gasteiger partial charge in [0.15, 0.2) is 0 Å². The number of imidazole rings is 1. The summed E-state index contributed by atoms with van der Waals surface area (Å²) in [6, 6.07) is 0.341. The van der Waals surface area contributed by atoms with Gasteiger partial charge < -0.3 is 9.47 Å². The van der Waals surface area contributed by atoms with Crippen molar-refractivity contribution in [2.45, 2.75) is 40.7 Å². The van der Waals surface area contributed by atoms with Crippen molar-refractivity contribution >= 4 is 6.20 Å². The average Bonchev–Trinajstić information content (AvgIpc) is 2.51. The Labute approximate surface area is 97.8 Å². The molecule has 1 unspecified atom stereocenters. The fraction of sp³-hybridized carbons (Fsp3) is 0.615. The van der Waals surface area contributed by atoms with E-state index in [4.69, 9.17) is 0 Å². The van der Waals surface area contributed by atoms with Crippen LogP contribution in [0.25, 0.3) is 6.20 Å². The van der Waals surface area contributed by atoms with Crippen molar-refractivity contribution in [1.29, 1.82) is 0 Å². The molecular formula is C13H21N3. The lowest BCUT2D eigenvalue weighted by Crippen LogP contribution is -2.33. The molecule has 1 aromatic heterocycles. The van der Waals surface area contributed by atoms with Gasteiger partial charge in [-0.1, -0.05) is 20.8 Å². The van der Waals surface area contributed by atoms with Crippen LogP contribution in [0.5, 0.6) is 0 Å². The van der Waals surface area contributed by atoms with Crippen LogP contribution in [0.15, 0.2) is 11.9 Å². The van der Waals surface area contributed by atoms with Crippen LogP contribution in [0.1, 0.15) is 45.3 Å². The first-order chi connectivity index (χ1) is 7.30. The highest BCUT2D eigenvalue weighted by Gasteiger charge is 2.30. The third kappa shape index (κ3) is 1.64. The normalized spacial score (nSPS) is 20.8. The quantitative estimate of drug-likeness (QED) is 0.668. The van der Waals surface area contributed by atoms with E-state index in [9.17, 15) is 0 Å². The Morgan fingerprint density at radius 3 is 2.50 bits per heavy atom. The molecule has 0 saturated carbocycles. The van der Waals surface area contributed by atoms with E-state index in [-0.39, 0.29) is 5.41 Å². The van der Waals surface area contributed by atoms with Crippen LogP contribution in [0.4, 0.5) is 0 Å². The van der Waals surface area contributed by atoms with Gasteiger partial charge in [-0.05, 0) is 13.8 Å². The Bertz CT molecular complexity index is 435. The summed E-state index contributed by atoms with van der Waals surface area (Å²) in [6.07, 6.45) is 4.31. The van der Waals surface area contributed by atoms with E-state index in [1.54, 1.807) is 0 Å². The van der Waals surface area contributed by atoms with Gasteiger partial charge in [0.05, 0.1) is 11.7 Å². The van der Waals surface area contributed by atoms with Gasteiger partial charge in [0.1, 0.15) is 5.82 Å². The predicted molar refractivity (Wildman–Crippen MR) is 66.9 cm³/mol. The zero-order chi connectivity index (χ0) is 12.1. The molecule has 0 spiro atoms. The third-order valence-corrected chi connectivity index (χ3v) is 3.25. The van der Waals surface area contributed by atoms with Gasteiger partial charge in [0.25, 0.3) is 0 Å². The number of aryl methyl sites for hydroxylation is 1. The number of allylic oxidation sites excluding steroid dienone is 1. The minimum absolute atomic E-state index is 0.166. The molecule has 0 bridgehead atoms. The molecule has 3 nitrogen and oxygen atoms in total. The van der Waals surface area contributed by atoms with Crippen LogP contribution >= 0.6 is 0 Å². The van der Waals surface area contributed by atoms with E-state index in [0.717, 1.165) is 11.5 Å². The molecular weight excluding hydrogens is 198 g/mol. The zero-order valence-electron chi connectivity index (χ0n) is 11.1. The number of fused-ring (bicyclic) bond motifs is 1. The molecule has 0 aromatic carbocycles. The summed E-state index contributed by atoms with van der Waals surface area (Å²) in [5.74, 6) is 1.13. The molecule has 2 rings (SSSR count). The lowest BCUT2D eigenvalue weighted by atomic mass is 9.90.